The Hall–Kier alpha value is -2.87. The van der Waals surface area contributed by atoms with Crippen LogP contribution in [0.5, 0.6) is 0 Å². The molecule has 16 heteroatoms. The van der Waals surface area contributed by atoms with Crippen molar-refractivity contribution >= 4 is 46.1 Å². The molecule has 0 fully saturated rings. The topological polar surface area (TPSA) is 102 Å². The Labute approximate surface area is 165 Å². The van der Waals surface area contributed by atoms with Gasteiger partial charge in [0, 0.05) is 12.3 Å². The number of nitrogens with zero attached hydrogens (tertiary/aromatic N) is 4. The van der Waals surface area contributed by atoms with Gasteiger partial charge in [-0.25, -0.2) is 9.88 Å². The van der Waals surface area contributed by atoms with E-state index in [0.717, 1.165) is 18.3 Å². The fraction of sp³-hybridized carbons (Fsp3) is 0.154. The van der Waals surface area contributed by atoms with Gasteiger partial charge in [0.1, 0.15) is 5.02 Å². The molecule has 0 radical (unpaired) electrons. The molecular weight excluding hydrogens is 461 g/mol. The summed E-state index contributed by atoms with van der Waals surface area (Å²) in [4.78, 5) is 21.6. The quantitative estimate of drug-likeness (QED) is 0.242. The third kappa shape index (κ3) is 4.27. The zero-order valence-electron chi connectivity index (χ0n) is 13.3. The summed E-state index contributed by atoms with van der Waals surface area (Å²) in [7, 11) is 0. The molecule has 0 spiro atoms. The summed E-state index contributed by atoms with van der Waals surface area (Å²) in [6.07, 6.45) is -10.3. The van der Waals surface area contributed by atoms with Crippen molar-refractivity contribution in [2.75, 3.05) is 4.90 Å². The predicted molar refractivity (Wildman–Crippen MR) is 87.2 cm³/mol. The van der Waals surface area contributed by atoms with E-state index >= 15 is 0 Å². The van der Waals surface area contributed by atoms with Gasteiger partial charge in [-0.05, 0) is 12.1 Å². The predicted octanol–water partition coefficient (Wildman–Crippen LogP) is 5.88. The van der Waals surface area contributed by atoms with Crippen LogP contribution in [0.3, 0.4) is 0 Å². The number of aromatic nitrogens is 1. The minimum Gasteiger partial charge on any atom is -0.258 e. The molecule has 0 bridgehead atoms. The average molecular weight is 465 g/mol. The zero-order chi connectivity index (χ0) is 22.3. The molecule has 2 aromatic rings. The van der Waals surface area contributed by atoms with Crippen LogP contribution >= 0.6 is 23.2 Å². The van der Waals surface area contributed by atoms with Gasteiger partial charge in [0.25, 0.3) is 0 Å². The minimum atomic E-state index is -5.63. The van der Waals surface area contributed by atoms with Crippen molar-refractivity contribution in [1.29, 1.82) is 0 Å². The lowest BCUT2D eigenvalue weighted by Crippen LogP contribution is -2.35. The van der Waals surface area contributed by atoms with Gasteiger partial charge >= 0.3 is 23.9 Å². The number of anilines is 2. The van der Waals surface area contributed by atoms with Crippen LogP contribution in [0.2, 0.25) is 10.0 Å². The Bertz CT molecular complexity index is 998. The lowest BCUT2D eigenvalue weighted by Gasteiger charge is -2.26. The molecule has 0 aliphatic carbocycles. The van der Waals surface area contributed by atoms with Gasteiger partial charge in [0.2, 0.25) is 5.69 Å². The maximum absolute atomic E-state index is 13.7. The minimum absolute atomic E-state index is 0.333. The molecule has 0 unspecified atom stereocenters. The molecule has 8 nitrogen and oxygen atoms in total. The Kier molecular flexibility index (Phi) is 5.81. The molecule has 0 saturated carbocycles. The van der Waals surface area contributed by atoms with Crippen molar-refractivity contribution in [1.82, 2.24) is 4.98 Å². The van der Waals surface area contributed by atoms with Crippen molar-refractivity contribution < 1.29 is 36.2 Å². The van der Waals surface area contributed by atoms with Crippen LogP contribution in [0, 0.1) is 20.2 Å². The Morgan fingerprint density at radius 2 is 1.62 bits per heavy atom. The second-order valence-corrected chi connectivity index (χ2v) is 5.86. The molecule has 0 N–H and O–H groups in total. The van der Waals surface area contributed by atoms with Gasteiger partial charge in [-0.2, -0.15) is 13.2 Å². The van der Waals surface area contributed by atoms with Crippen molar-refractivity contribution in [2.45, 2.75) is 12.5 Å². The summed E-state index contributed by atoms with van der Waals surface area (Å²) >= 11 is 11.0. The highest BCUT2D eigenvalue weighted by Crippen LogP contribution is 2.53. The smallest absolute Gasteiger partial charge is 0.258 e. The Morgan fingerprint density at radius 1 is 1.03 bits per heavy atom. The van der Waals surface area contributed by atoms with E-state index in [2.05, 4.69) is 4.98 Å². The summed E-state index contributed by atoms with van der Waals surface area (Å²) in [5.41, 5.74) is -7.82. The number of hydrogen-bond donors (Lipinski definition) is 0. The highest BCUT2D eigenvalue weighted by Gasteiger charge is 2.51. The molecule has 1 aromatic heterocycles. The number of alkyl halides is 6. The van der Waals surface area contributed by atoms with Crippen molar-refractivity contribution in [3.05, 3.63) is 60.2 Å². The zero-order valence-corrected chi connectivity index (χ0v) is 14.8. The molecule has 0 saturated heterocycles. The molecule has 2 rings (SSSR count). The van der Waals surface area contributed by atoms with E-state index in [4.69, 9.17) is 23.2 Å². The van der Waals surface area contributed by atoms with E-state index in [1.54, 1.807) is 0 Å². The van der Waals surface area contributed by atoms with Crippen molar-refractivity contribution in [2.24, 2.45) is 0 Å². The second kappa shape index (κ2) is 7.51. The van der Waals surface area contributed by atoms with Crippen LogP contribution in [0.4, 0.5) is 49.2 Å². The van der Waals surface area contributed by atoms with E-state index in [1.807, 2.05) is 0 Å². The number of rotatable bonds is 4. The Morgan fingerprint density at radius 3 is 2.03 bits per heavy atom. The lowest BCUT2D eigenvalue weighted by molar-refractivity contribution is -0.393. The summed E-state index contributed by atoms with van der Waals surface area (Å²) < 4.78 is 80.5. The third-order valence-electron chi connectivity index (χ3n) is 3.31. The number of halogens is 8. The van der Waals surface area contributed by atoms with Crippen LogP contribution in [0.1, 0.15) is 5.56 Å². The van der Waals surface area contributed by atoms with Gasteiger partial charge in [0.05, 0.1) is 20.4 Å². The maximum Gasteiger partial charge on any atom is 0.491 e. The number of nitro groups is 2. The van der Waals surface area contributed by atoms with E-state index in [9.17, 15) is 46.6 Å². The molecule has 0 aliphatic rings. The van der Waals surface area contributed by atoms with E-state index < -0.39 is 65.7 Å². The molecule has 156 valence electrons. The average Bonchev–Trinajstić information content (AvgIpc) is 2.53. The number of nitro benzene ring substituents is 2. The Balaban J connectivity index is 3.09. The number of benzene rings is 1. The molecule has 0 amide bonds. The highest BCUT2D eigenvalue weighted by atomic mass is 35.5. The van der Waals surface area contributed by atoms with Gasteiger partial charge in [-0.1, -0.05) is 23.2 Å². The summed E-state index contributed by atoms with van der Waals surface area (Å²) in [5.74, 6) is -1.25. The van der Waals surface area contributed by atoms with Gasteiger partial charge in [0.15, 0.2) is 5.82 Å². The van der Waals surface area contributed by atoms with Gasteiger partial charge in [-0.3, -0.25) is 20.2 Å². The molecule has 29 heavy (non-hydrogen) atoms. The molecule has 1 aromatic carbocycles. The standard InChI is InChI=1S/C13H4Cl2F6N4O4/c14-6-2-1-3-22-11(6)23(13(19,20)21)9-7(24(26)27)4-5(12(16,17)18)8(15)10(9)25(28)29/h1-4H. The summed E-state index contributed by atoms with van der Waals surface area (Å²) in [6, 6.07) is 1.63. The second-order valence-electron chi connectivity index (χ2n) is 5.08. The largest absolute Gasteiger partial charge is 0.491 e. The number of pyridine rings is 1. The van der Waals surface area contributed by atoms with Crippen LogP contribution in [-0.4, -0.2) is 21.1 Å². The van der Waals surface area contributed by atoms with Crippen molar-refractivity contribution in [3.8, 4) is 0 Å². The maximum atomic E-state index is 13.7. The summed E-state index contributed by atoms with van der Waals surface area (Å²) in [6.45, 7) is 0. The first-order chi connectivity index (χ1) is 13.2. The normalized spacial score (nSPS) is 12.0. The van der Waals surface area contributed by atoms with Gasteiger partial charge in [-0.15, -0.1) is 13.2 Å². The molecule has 1 heterocycles. The van der Waals surface area contributed by atoms with Gasteiger partial charge < -0.3 is 0 Å². The molecule has 0 atom stereocenters. The summed E-state index contributed by atoms with van der Waals surface area (Å²) in [5, 5.41) is 20.1. The lowest BCUT2D eigenvalue weighted by atomic mass is 10.1. The molecular formula is C13H4Cl2F6N4O4. The fourth-order valence-electron chi connectivity index (χ4n) is 2.25. The first-order valence-electron chi connectivity index (χ1n) is 6.87. The first-order valence-corrected chi connectivity index (χ1v) is 7.63. The van der Waals surface area contributed by atoms with E-state index in [1.165, 1.54) is 0 Å². The monoisotopic (exact) mass is 464 g/mol. The van der Waals surface area contributed by atoms with E-state index in [-0.39, 0.29) is 6.07 Å². The fourth-order valence-corrected chi connectivity index (χ4v) is 2.77. The highest BCUT2D eigenvalue weighted by molar-refractivity contribution is 6.35. The van der Waals surface area contributed by atoms with E-state index in [0.29, 0.717) is 0 Å². The SMILES string of the molecule is O=[N+]([O-])c1cc(C(F)(F)F)c(Cl)c([N+](=O)[O-])c1N(c1ncccc1Cl)C(F)(F)F. The van der Waals surface area contributed by atoms with Crippen molar-refractivity contribution in [3.63, 3.8) is 0 Å². The number of hydrogen-bond acceptors (Lipinski definition) is 6. The third-order valence-corrected chi connectivity index (χ3v) is 3.98. The molecule has 0 aliphatic heterocycles. The van der Waals surface area contributed by atoms with Crippen LogP contribution in [-0.2, 0) is 6.18 Å². The van der Waals surface area contributed by atoms with Crippen LogP contribution in [0.15, 0.2) is 24.4 Å². The first kappa shape index (κ1) is 22.4. The van der Waals surface area contributed by atoms with Crippen LogP contribution < -0.4 is 4.90 Å². The van der Waals surface area contributed by atoms with Crippen LogP contribution in [0.25, 0.3) is 0 Å².